The van der Waals surface area contributed by atoms with Crippen molar-refractivity contribution in [1.82, 2.24) is 0 Å². The molecule has 318 valence electrons. The molecule has 0 amide bonds. The summed E-state index contributed by atoms with van der Waals surface area (Å²) >= 11 is 0. The van der Waals surface area contributed by atoms with Crippen molar-refractivity contribution >= 4 is 34.4 Å². The summed E-state index contributed by atoms with van der Waals surface area (Å²) < 4.78 is 0. The Hall–Kier alpha value is -6.90. The largest absolute Gasteiger partial charge is 0.320 e. The van der Waals surface area contributed by atoms with Crippen LogP contribution in [0.15, 0.2) is 217 Å². The van der Waals surface area contributed by atoms with Gasteiger partial charge in [0.15, 0.2) is 0 Å². The molecule has 0 saturated carbocycles. The summed E-state index contributed by atoms with van der Waals surface area (Å²) in [5.74, 6) is 0.212. The summed E-state index contributed by atoms with van der Waals surface area (Å²) in [7, 11) is 0. The molecule has 8 rings (SSSR count). The summed E-state index contributed by atoms with van der Waals surface area (Å²) in [6.07, 6.45) is 23.5. The zero-order valence-electron chi connectivity index (χ0n) is 38.8. The fourth-order valence-electron chi connectivity index (χ4n) is 8.26. The fourth-order valence-corrected chi connectivity index (χ4v) is 8.26. The smallest absolute Gasteiger partial charge is 0.0491 e. The SMILES string of the molecule is CC.CC.Cc1ccc(N(C=C(c2ccccc2)c2ccccc2)C2=CC=C(/C=C/C=C/c3ccc(N(c4ccc(C)cc4C)c4ccc(C)cc4C)cc3)C3=CC=CCC32)cc1. The van der Waals surface area contributed by atoms with E-state index < -0.39 is 0 Å². The van der Waals surface area contributed by atoms with E-state index in [1.54, 1.807) is 0 Å². The summed E-state index contributed by atoms with van der Waals surface area (Å²) in [6, 6.07) is 52.7. The lowest BCUT2D eigenvalue weighted by molar-refractivity contribution is 0.701. The first-order valence-corrected chi connectivity index (χ1v) is 22.7. The van der Waals surface area contributed by atoms with Crippen LogP contribution in [0, 0.1) is 40.5 Å². The number of fused-ring (bicyclic) bond motifs is 1. The molecule has 6 aromatic carbocycles. The molecule has 6 aromatic rings. The number of benzene rings is 6. The molecule has 0 saturated heterocycles. The number of rotatable bonds is 11. The van der Waals surface area contributed by atoms with Crippen molar-refractivity contribution in [3.05, 3.63) is 262 Å². The Balaban J connectivity index is 0.00000161. The number of allylic oxidation sites excluding steroid dienone is 10. The molecular weight excluding hydrogens is 761 g/mol. The number of hydrogen-bond acceptors (Lipinski definition) is 2. The molecule has 0 spiro atoms. The molecule has 1 unspecified atom stereocenters. The van der Waals surface area contributed by atoms with Gasteiger partial charge in [-0.1, -0.05) is 202 Å². The van der Waals surface area contributed by atoms with Crippen LogP contribution in [-0.2, 0) is 0 Å². The summed E-state index contributed by atoms with van der Waals surface area (Å²) in [5, 5.41) is 0. The standard InChI is InChI=1S/C57H52N2.2C2H6/c1-41-24-31-50(32-25-41)58(40-54(47-17-8-6-9-18-47)48-19-10-7-11-20-48)57-37-30-49(52-22-14-15-23-53(52)57)21-13-12-16-46-28-33-51(34-29-46)59(55-35-26-42(2)38-44(55)4)56-36-27-43(3)39-45(56)5;2*1-2/h6-22,24-40,53H,23H2,1-5H3;2*1-2H3/b16-12+,21-13+;;. The molecule has 0 heterocycles. The first-order chi connectivity index (χ1) is 30.8. The Morgan fingerprint density at radius 2 is 1.05 bits per heavy atom. The third kappa shape index (κ3) is 11.1. The van der Waals surface area contributed by atoms with E-state index in [0.29, 0.717) is 0 Å². The quantitative estimate of drug-likeness (QED) is 0.120. The van der Waals surface area contributed by atoms with Crippen molar-refractivity contribution < 1.29 is 0 Å². The lowest BCUT2D eigenvalue weighted by atomic mass is 9.80. The topological polar surface area (TPSA) is 6.48 Å². The van der Waals surface area contributed by atoms with E-state index >= 15 is 0 Å². The van der Waals surface area contributed by atoms with Crippen molar-refractivity contribution in [1.29, 1.82) is 0 Å². The Morgan fingerprint density at radius 3 is 1.60 bits per heavy atom. The molecule has 2 nitrogen and oxygen atoms in total. The summed E-state index contributed by atoms with van der Waals surface area (Å²) in [6.45, 7) is 18.9. The second kappa shape index (κ2) is 22.3. The van der Waals surface area contributed by atoms with Crippen molar-refractivity contribution in [3.8, 4) is 0 Å². The highest BCUT2D eigenvalue weighted by atomic mass is 15.1. The Morgan fingerprint density at radius 1 is 0.524 bits per heavy atom. The number of aryl methyl sites for hydroxylation is 5. The average molecular weight is 825 g/mol. The van der Waals surface area contributed by atoms with Crippen LogP contribution in [0.2, 0.25) is 0 Å². The van der Waals surface area contributed by atoms with Crippen LogP contribution in [0.4, 0.5) is 22.7 Å². The third-order valence-corrected chi connectivity index (χ3v) is 11.3. The van der Waals surface area contributed by atoms with E-state index in [1.807, 2.05) is 27.7 Å². The van der Waals surface area contributed by atoms with Gasteiger partial charge in [0.25, 0.3) is 0 Å². The molecule has 0 fully saturated rings. The van der Waals surface area contributed by atoms with Crippen LogP contribution in [0.1, 0.15) is 78.6 Å². The highest BCUT2D eigenvalue weighted by molar-refractivity contribution is 5.83. The van der Waals surface area contributed by atoms with Crippen LogP contribution < -0.4 is 9.80 Å². The molecule has 2 aliphatic carbocycles. The number of hydrogen-bond donors (Lipinski definition) is 0. The number of nitrogens with zero attached hydrogens (tertiary/aromatic N) is 2. The van der Waals surface area contributed by atoms with E-state index in [0.717, 1.165) is 23.4 Å². The van der Waals surface area contributed by atoms with Gasteiger partial charge in [0.1, 0.15) is 0 Å². The molecule has 0 aliphatic heterocycles. The highest BCUT2D eigenvalue weighted by Gasteiger charge is 2.28. The molecule has 0 N–H and O–H groups in total. The molecule has 63 heavy (non-hydrogen) atoms. The van der Waals surface area contributed by atoms with Gasteiger partial charge in [-0.3, -0.25) is 0 Å². The second-order valence-electron chi connectivity index (χ2n) is 15.8. The zero-order chi connectivity index (χ0) is 44.7. The van der Waals surface area contributed by atoms with Crippen LogP contribution >= 0.6 is 0 Å². The maximum absolute atomic E-state index is 2.41. The Bertz CT molecular complexity index is 2560. The average Bonchev–Trinajstić information content (AvgIpc) is 3.32. The van der Waals surface area contributed by atoms with Gasteiger partial charge in [-0.2, -0.15) is 0 Å². The summed E-state index contributed by atoms with van der Waals surface area (Å²) in [4.78, 5) is 4.80. The van der Waals surface area contributed by atoms with Gasteiger partial charge in [-0.05, 0) is 122 Å². The van der Waals surface area contributed by atoms with Crippen LogP contribution in [0.25, 0.3) is 11.6 Å². The molecule has 0 bridgehead atoms. The lowest BCUT2D eigenvalue weighted by Crippen LogP contribution is -2.26. The van der Waals surface area contributed by atoms with Crippen molar-refractivity contribution in [3.63, 3.8) is 0 Å². The molecule has 1 atom stereocenters. The first kappa shape index (κ1) is 45.6. The Kier molecular flexibility index (Phi) is 16.1. The minimum atomic E-state index is 0.212. The predicted molar refractivity (Wildman–Crippen MR) is 276 cm³/mol. The van der Waals surface area contributed by atoms with Gasteiger partial charge in [-0.15, -0.1) is 0 Å². The molecular formula is C61H64N2. The van der Waals surface area contributed by atoms with Gasteiger partial charge >= 0.3 is 0 Å². The predicted octanol–water partition coefficient (Wildman–Crippen LogP) is 17.2. The maximum Gasteiger partial charge on any atom is 0.0491 e. The number of anilines is 4. The van der Waals surface area contributed by atoms with E-state index in [4.69, 9.17) is 0 Å². The minimum absolute atomic E-state index is 0.212. The van der Waals surface area contributed by atoms with Crippen LogP contribution in [0.3, 0.4) is 0 Å². The molecule has 0 aromatic heterocycles. The van der Waals surface area contributed by atoms with Gasteiger partial charge in [0, 0.05) is 46.1 Å². The van der Waals surface area contributed by atoms with E-state index in [-0.39, 0.29) is 5.92 Å². The van der Waals surface area contributed by atoms with Gasteiger partial charge < -0.3 is 9.80 Å². The van der Waals surface area contributed by atoms with Gasteiger partial charge in [0.05, 0.1) is 0 Å². The van der Waals surface area contributed by atoms with Gasteiger partial charge in [-0.25, -0.2) is 0 Å². The van der Waals surface area contributed by atoms with Crippen molar-refractivity contribution in [2.24, 2.45) is 5.92 Å². The van der Waals surface area contributed by atoms with E-state index in [9.17, 15) is 0 Å². The fraction of sp³-hybridized carbons (Fsp3) is 0.180. The molecule has 2 heteroatoms. The van der Waals surface area contributed by atoms with Crippen LogP contribution in [0.5, 0.6) is 0 Å². The van der Waals surface area contributed by atoms with E-state index in [2.05, 4.69) is 251 Å². The van der Waals surface area contributed by atoms with Crippen molar-refractivity contribution in [2.45, 2.75) is 68.7 Å². The lowest BCUT2D eigenvalue weighted by Gasteiger charge is -2.35. The Labute approximate surface area is 379 Å². The third-order valence-electron chi connectivity index (χ3n) is 11.3. The van der Waals surface area contributed by atoms with Gasteiger partial charge in [0.2, 0.25) is 0 Å². The molecule has 2 aliphatic rings. The monoisotopic (exact) mass is 825 g/mol. The molecule has 0 radical (unpaired) electrons. The highest BCUT2D eigenvalue weighted by Crippen LogP contribution is 2.42. The van der Waals surface area contributed by atoms with E-state index in [1.165, 1.54) is 72.7 Å². The zero-order valence-corrected chi connectivity index (χ0v) is 38.8. The van der Waals surface area contributed by atoms with Crippen molar-refractivity contribution in [2.75, 3.05) is 9.80 Å². The second-order valence-corrected chi connectivity index (χ2v) is 15.8. The maximum atomic E-state index is 2.41. The normalized spacial score (nSPS) is 14.0. The minimum Gasteiger partial charge on any atom is -0.320 e. The first-order valence-electron chi connectivity index (χ1n) is 22.7. The summed E-state index contributed by atoms with van der Waals surface area (Å²) in [5.41, 5.74) is 19.5. The van der Waals surface area contributed by atoms with Crippen LogP contribution in [-0.4, -0.2) is 0 Å².